The average molecular weight is 387 g/mol. The largest absolute Gasteiger partial charge is 0.508 e. The second-order valence-corrected chi connectivity index (χ2v) is 6.72. The number of nitrogens with one attached hydrogen (secondary N) is 2. The van der Waals surface area contributed by atoms with E-state index in [2.05, 4.69) is 10.6 Å². The number of halogens is 1. The predicted octanol–water partition coefficient (Wildman–Crippen LogP) is 2.32. The van der Waals surface area contributed by atoms with Gasteiger partial charge in [0.05, 0.1) is 12.1 Å². The van der Waals surface area contributed by atoms with Crippen LogP contribution >= 0.6 is 0 Å². The smallest absolute Gasteiger partial charge is 0.321 e. The topological polar surface area (TPSA) is 102 Å². The second kappa shape index (κ2) is 8.71. The Labute approximate surface area is 161 Å². The number of carbonyl (C=O) groups is 2. The summed E-state index contributed by atoms with van der Waals surface area (Å²) in [5, 5.41) is 25.1. The fraction of sp³-hybridized carbons (Fsp3) is 0.300. The molecule has 1 heterocycles. The van der Waals surface area contributed by atoms with Crippen LogP contribution in [0.2, 0.25) is 0 Å². The number of rotatable bonds is 3. The molecule has 2 atom stereocenters. The van der Waals surface area contributed by atoms with Crippen LogP contribution in [0, 0.1) is 5.82 Å². The highest BCUT2D eigenvalue weighted by Gasteiger charge is 2.29. The van der Waals surface area contributed by atoms with Crippen molar-refractivity contribution in [3.63, 3.8) is 0 Å². The molecule has 1 saturated heterocycles. The standard InChI is InChI=1S/C20H22FN3O4/c21-14-5-7-15(8-6-14)22-20(28)24-11-1-2-18(26)17(12-24)23-19(27)13-3-9-16(25)10-4-13/h3-10,17-18,25-26H,1-2,11-12H2,(H,22,28)(H,23,27). The number of nitrogens with zero attached hydrogens (tertiary/aromatic N) is 1. The van der Waals surface area contributed by atoms with Gasteiger partial charge >= 0.3 is 6.03 Å². The van der Waals surface area contributed by atoms with E-state index in [9.17, 15) is 24.2 Å². The molecular weight excluding hydrogens is 365 g/mol. The van der Waals surface area contributed by atoms with Crippen LogP contribution < -0.4 is 10.6 Å². The van der Waals surface area contributed by atoms with Crippen LogP contribution in [-0.2, 0) is 0 Å². The van der Waals surface area contributed by atoms with Crippen LogP contribution in [0.25, 0.3) is 0 Å². The fourth-order valence-corrected chi connectivity index (χ4v) is 3.07. The highest BCUT2D eigenvalue weighted by molar-refractivity contribution is 5.94. The number of benzene rings is 2. The van der Waals surface area contributed by atoms with Crippen LogP contribution in [0.1, 0.15) is 23.2 Å². The summed E-state index contributed by atoms with van der Waals surface area (Å²) in [5.41, 5.74) is 0.803. The summed E-state index contributed by atoms with van der Waals surface area (Å²) < 4.78 is 13.0. The lowest BCUT2D eigenvalue weighted by molar-refractivity contribution is 0.0811. The minimum Gasteiger partial charge on any atom is -0.508 e. The van der Waals surface area contributed by atoms with Gasteiger partial charge in [0, 0.05) is 24.3 Å². The van der Waals surface area contributed by atoms with E-state index in [0.29, 0.717) is 30.6 Å². The average Bonchev–Trinajstić information content (AvgIpc) is 2.86. The molecule has 2 aromatic carbocycles. The van der Waals surface area contributed by atoms with Crippen molar-refractivity contribution in [2.24, 2.45) is 0 Å². The predicted molar refractivity (Wildman–Crippen MR) is 102 cm³/mol. The van der Waals surface area contributed by atoms with Gasteiger partial charge in [0.1, 0.15) is 11.6 Å². The number of amides is 3. The molecule has 3 rings (SSSR count). The van der Waals surface area contributed by atoms with Crippen LogP contribution in [0.3, 0.4) is 0 Å². The molecule has 2 unspecified atom stereocenters. The number of carbonyl (C=O) groups excluding carboxylic acids is 2. The minimum atomic E-state index is -0.787. The third-order valence-electron chi connectivity index (χ3n) is 4.64. The summed E-state index contributed by atoms with van der Waals surface area (Å²) in [4.78, 5) is 26.5. The molecule has 2 aromatic rings. The Morgan fingerprint density at radius 2 is 1.75 bits per heavy atom. The van der Waals surface area contributed by atoms with E-state index in [1.165, 1.54) is 53.4 Å². The highest BCUT2D eigenvalue weighted by atomic mass is 19.1. The van der Waals surface area contributed by atoms with Crippen molar-refractivity contribution < 1.29 is 24.2 Å². The molecule has 8 heteroatoms. The molecule has 7 nitrogen and oxygen atoms in total. The van der Waals surface area contributed by atoms with E-state index in [1.807, 2.05) is 0 Å². The van der Waals surface area contributed by atoms with Gasteiger partial charge in [-0.15, -0.1) is 0 Å². The Morgan fingerprint density at radius 3 is 2.43 bits per heavy atom. The Hall–Kier alpha value is -3.13. The Morgan fingerprint density at radius 1 is 1.07 bits per heavy atom. The van der Waals surface area contributed by atoms with Crippen LogP contribution in [0.4, 0.5) is 14.9 Å². The van der Waals surface area contributed by atoms with E-state index < -0.39 is 23.9 Å². The molecule has 1 fully saturated rings. The number of phenols is 1. The van der Waals surface area contributed by atoms with Crippen LogP contribution in [-0.4, -0.2) is 52.3 Å². The van der Waals surface area contributed by atoms with Gasteiger partial charge in [-0.05, 0) is 61.4 Å². The number of anilines is 1. The molecule has 1 aliphatic rings. The Bertz CT molecular complexity index is 826. The van der Waals surface area contributed by atoms with Crippen molar-refractivity contribution in [3.05, 3.63) is 59.9 Å². The summed E-state index contributed by atoms with van der Waals surface area (Å²) >= 11 is 0. The first-order valence-electron chi connectivity index (χ1n) is 9.02. The molecule has 1 aliphatic heterocycles. The van der Waals surface area contributed by atoms with Crippen LogP contribution in [0.5, 0.6) is 5.75 Å². The number of hydrogen-bond donors (Lipinski definition) is 4. The maximum atomic E-state index is 13.0. The number of likely N-dealkylation sites (tertiary alicyclic amines) is 1. The molecule has 0 aromatic heterocycles. The van der Waals surface area contributed by atoms with Crippen molar-refractivity contribution in [2.75, 3.05) is 18.4 Å². The normalized spacial score (nSPS) is 19.6. The molecule has 0 aliphatic carbocycles. The number of urea groups is 1. The first kappa shape index (κ1) is 19.6. The molecule has 148 valence electrons. The SMILES string of the molecule is O=C(NC1CN(C(=O)Nc2ccc(F)cc2)CCCC1O)c1ccc(O)cc1. The van der Waals surface area contributed by atoms with Crippen molar-refractivity contribution in [1.29, 1.82) is 0 Å². The zero-order chi connectivity index (χ0) is 20.1. The van der Waals surface area contributed by atoms with E-state index in [4.69, 9.17) is 0 Å². The van der Waals surface area contributed by atoms with Crippen molar-refractivity contribution in [1.82, 2.24) is 10.2 Å². The number of aliphatic hydroxyl groups is 1. The molecule has 0 bridgehead atoms. The van der Waals surface area contributed by atoms with Crippen molar-refractivity contribution >= 4 is 17.6 Å². The summed E-state index contributed by atoms with van der Waals surface area (Å²) in [6.07, 6.45) is 0.245. The number of aromatic hydroxyl groups is 1. The highest BCUT2D eigenvalue weighted by Crippen LogP contribution is 2.16. The maximum absolute atomic E-state index is 13.0. The number of aliphatic hydroxyl groups excluding tert-OH is 1. The molecule has 0 saturated carbocycles. The fourth-order valence-electron chi connectivity index (χ4n) is 3.07. The lowest BCUT2D eigenvalue weighted by atomic mass is 10.1. The van der Waals surface area contributed by atoms with Gasteiger partial charge in [0.25, 0.3) is 5.91 Å². The van der Waals surface area contributed by atoms with Crippen molar-refractivity contribution in [3.8, 4) is 5.75 Å². The quantitative estimate of drug-likeness (QED) is 0.649. The van der Waals surface area contributed by atoms with Gasteiger partial charge in [0.15, 0.2) is 0 Å². The van der Waals surface area contributed by atoms with Gasteiger partial charge < -0.3 is 25.7 Å². The monoisotopic (exact) mass is 387 g/mol. The van der Waals surface area contributed by atoms with E-state index >= 15 is 0 Å². The Kier molecular flexibility index (Phi) is 6.10. The second-order valence-electron chi connectivity index (χ2n) is 6.72. The summed E-state index contributed by atoms with van der Waals surface area (Å²) in [7, 11) is 0. The lowest BCUT2D eigenvalue weighted by Gasteiger charge is -2.27. The number of phenolic OH excluding ortho intramolecular Hbond substituents is 1. The van der Waals surface area contributed by atoms with Crippen molar-refractivity contribution in [2.45, 2.75) is 25.0 Å². The van der Waals surface area contributed by atoms with Crippen LogP contribution in [0.15, 0.2) is 48.5 Å². The maximum Gasteiger partial charge on any atom is 0.321 e. The summed E-state index contributed by atoms with van der Waals surface area (Å²) in [5.74, 6) is -0.743. The van der Waals surface area contributed by atoms with Gasteiger partial charge in [-0.3, -0.25) is 4.79 Å². The number of hydrogen-bond acceptors (Lipinski definition) is 4. The van der Waals surface area contributed by atoms with E-state index in [1.54, 1.807) is 0 Å². The molecule has 28 heavy (non-hydrogen) atoms. The van der Waals surface area contributed by atoms with E-state index in [0.717, 1.165) is 0 Å². The first-order chi connectivity index (χ1) is 13.4. The summed E-state index contributed by atoms with van der Waals surface area (Å²) in [6.45, 7) is 0.563. The molecular formula is C20H22FN3O4. The zero-order valence-corrected chi connectivity index (χ0v) is 15.1. The van der Waals surface area contributed by atoms with Gasteiger partial charge in [-0.2, -0.15) is 0 Å². The summed E-state index contributed by atoms with van der Waals surface area (Å²) in [6, 6.07) is 10.2. The zero-order valence-electron chi connectivity index (χ0n) is 15.1. The lowest BCUT2D eigenvalue weighted by Crippen LogP contribution is -2.50. The minimum absolute atomic E-state index is 0.0506. The molecule has 0 radical (unpaired) electrons. The van der Waals surface area contributed by atoms with Gasteiger partial charge in [-0.1, -0.05) is 0 Å². The third-order valence-corrected chi connectivity index (χ3v) is 4.64. The first-order valence-corrected chi connectivity index (χ1v) is 9.02. The molecule has 3 amide bonds. The molecule has 4 N–H and O–H groups in total. The van der Waals surface area contributed by atoms with Gasteiger partial charge in [0.2, 0.25) is 0 Å². The Balaban J connectivity index is 1.65. The van der Waals surface area contributed by atoms with E-state index in [-0.39, 0.29) is 18.3 Å². The molecule has 0 spiro atoms. The third kappa shape index (κ3) is 4.98. The van der Waals surface area contributed by atoms with Gasteiger partial charge in [-0.25, -0.2) is 9.18 Å².